The molecule has 11 rings (SSSR count). The number of hydrogen-bond donors (Lipinski definition) is 0. The standard InChI is InChI=1S/C44H24N2O3/c47-43-32-13-3-1-9-28(32)36-22-26(23-37-29-10-2-4-14-33(29)44(48)46(43)42(36)37)25-17-19-39-34(21-25)30-11-5-7-15-38(30)45(39)27-18-20-41-35(24-27)31-12-6-8-16-40(31)49-41/h1-24H. The lowest BCUT2D eigenvalue weighted by molar-refractivity contribution is 0.669. The minimum atomic E-state index is -0.285. The van der Waals surface area contributed by atoms with Gasteiger partial charge in [0.05, 0.1) is 16.6 Å². The fourth-order valence-electron chi connectivity index (χ4n) is 8.08. The van der Waals surface area contributed by atoms with E-state index < -0.39 is 0 Å². The van der Waals surface area contributed by atoms with Gasteiger partial charge in [-0.1, -0.05) is 78.9 Å². The largest absolute Gasteiger partial charge is 0.456 e. The normalized spacial score (nSPS) is 12.2. The van der Waals surface area contributed by atoms with E-state index in [1.54, 1.807) is 0 Å². The van der Waals surface area contributed by atoms with Gasteiger partial charge in [0.25, 0.3) is 11.1 Å². The quantitative estimate of drug-likeness (QED) is 0.141. The van der Waals surface area contributed by atoms with Gasteiger partial charge >= 0.3 is 0 Å². The fraction of sp³-hybridized carbons (Fsp3) is 0. The van der Waals surface area contributed by atoms with Gasteiger partial charge in [-0.25, -0.2) is 4.40 Å². The second-order valence-corrected chi connectivity index (χ2v) is 12.8. The van der Waals surface area contributed by atoms with E-state index in [0.29, 0.717) is 16.3 Å². The molecule has 0 fully saturated rings. The summed E-state index contributed by atoms with van der Waals surface area (Å²) in [7, 11) is 0. The van der Waals surface area contributed by atoms with Crippen molar-refractivity contribution >= 4 is 81.6 Å². The zero-order valence-corrected chi connectivity index (χ0v) is 26.0. The van der Waals surface area contributed by atoms with Crippen molar-refractivity contribution in [1.82, 2.24) is 8.97 Å². The number of para-hydroxylation sites is 2. The zero-order chi connectivity index (χ0) is 32.4. The average molecular weight is 629 g/mol. The van der Waals surface area contributed by atoms with Crippen molar-refractivity contribution < 1.29 is 4.42 Å². The topological polar surface area (TPSA) is 56.6 Å². The molecule has 0 bridgehead atoms. The summed E-state index contributed by atoms with van der Waals surface area (Å²) in [5, 5.41) is 9.01. The molecule has 7 aromatic carbocycles. The molecule has 0 aliphatic rings. The van der Waals surface area contributed by atoms with Crippen LogP contribution in [-0.4, -0.2) is 8.97 Å². The van der Waals surface area contributed by atoms with Gasteiger partial charge < -0.3 is 8.98 Å². The summed E-state index contributed by atoms with van der Waals surface area (Å²) in [5.41, 5.74) is 7.22. The third kappa shape index (κ3) is 3.48. The van der Waals surface area contributed by atoms with E-state index in [1.807, 2.05) is 66.7 Å². The number of hydrogen-bond acceptors (Lipinski definition) is 3. The second kappa shape index (κ2) is 9.43. The van der Waals surface area contributed by atoms with Crippen LogP contribution in [0.25, 0.3) is 98.4 Å². The molecule has 0 aliphatic heterocycles. The van der Waals surface area contributed by atoms with Gasteiger partial charge in [-0.15, -0.1) is 0 Å². The predicted molar refractivity (Wildman–Crippen MR) is 201 cm³/mol. The molecular formula is C44H24N2O3. The van der Waals surface area contributed by atoms with Gasteiger partial charge in [-0.05, 0) is 88.6 Å². The van der Waals surface area contributed by atoms with Crippen molar-refractivity contribution in [2.24, 2.45) is 0 Å². The molecule has 0 saturated carbocycles. The van der Waals surface area contributed by atoms with Crippen molar-refractivity contribution in [2.75, 3.05) is 0 Å². The summed E-state index contributed by atoms with van der Waals surface area (Å²) in [6.45, 7) is 0. The Labute approximate surface area is 277 Å². The summed E-state index contributed by atoms with van der Waals surface area (Å²) in [5.74, 6) is 0. The Balaban J connectivity index is 1.21. The van der Waals surface area contributed by atoms with Crippen LogP contribution in [0.5, 0.6) is 0 Å². The minimum absolute atomic E-state index is 0.285. The minimum Gasteiger partial charge on any atom is -0.456 e. The van der Waals surface area contributed by atoms with Crippen LogP contribution in [-0.2, 0) is 0 Å². The van der Waals surface area contributed by atoms with Crippen LogP contribution < -0.4 is 11.1 Å². The number of fused-ring (bicyclic) bond motifs is 10. The number of rotatable bonds is 2. The van der Waals surface area contributed by atoms with Crippen LogP contribution in [0.3, 0.4) is 0 Å². The number of pyridine rings is 2. The monoisotopic (exact) mass is 628 g/mol. The highest BCUT2D eigenvalue weighted by molar-refractivity contribution is 6.20. The van der Waals surface area contributed by atoms with E-state index in [9.17, 15) is 9.59 Å². The Morgan fingerprint density at radius 1 is 0.388 bits per heavy atom. The molecule has 0 spiro atoms. The number of benzene rings is 7. The Morgan fingerprint density at radius 2 is 0.939 bits per heavy atom. The molecule has 0 atom stereocenters. The Kier molecular flexibility index (Phi) is 5.07. The van der Waals surface area contributed by atoms with Crippen LogP contribution in [0, 0.1) is 0 Å². The molecule has 228 valence electrons. The highest BCUT2D eigenvalue weighted by atomic mass is 16.3. The maximum Gasteiger partial charge on any atom is 0.266 e. The van der Waals surface area contributed by atoms with Crippen molar-refractivity contribution in [3.8, 4) is 16.8 Å². The highest BCUT2D eigenvalue weighted by Crippen LogP contribution is 2.39. The van der Waals surface area contributed by atoms with E-state index in [2.05, 4.69) is 83.4 Å². The van der Waals surface area contributed by atoms with E-state index in [1.165, 1.54) is 4.40 Å². The smallest absolute Gasteiger partial charge is 0.266 e. The van der Waals surface area contributed by atoms with Crippen LogP contribution >= 0.6 is 0 Å². The lowest BCUT2D eigenvalue weighted by atomic mass is 9.94. The third-order valence-electron chi connectivity index (χ3n) is 10.3. The first-order chi connectivity index (χ1) is 24.1. The molecule has 0 N–H and O–H groups in total. The number of aromatic nitrogens is 2. The molecule has 11 aromatic rings. The molecular weight excluding hydrogens is 604 g/mol. The van der Waals surface area contributed by atoms with Gasteiger partial charge in [0.1, 0.15) is 11.2 Å². The summed E-state index contributed by atoms with van der Waals surface area (Å²) in [4.78, 5) is 27.6. The lowest BCUT2D eigenvalue weighted by Gasteiger charge is -2.15. The Hall–Kier alpha value is -6.72. The van der Waals surface area contributed by atoms with Gasteiger partial charge in [-0.3, -0.25) is 9.59 Å². The van der Waals surface area contributed by atoms with E-state index in [0.717, 1.165) is 82.1 Å². The van der Waals surface area contributed by atoms with Gasteiger partial charge in [0, 0.05) is 48.8 Å². The summed E-state index contributed by atoms with van der Waals surface area (Å²) in [6.07, 6.45) is 0. The third-order valence-corrected chi connectivity index (χ3v) is 10.3. The Bertz CT molecular complexity index is 3230. The maximum absolute atomic E-state index is 13.8. The lowest BCUT2D eigenvalue weighted by Crippen LogP contribution is -2.27. The molecule has 49 heavy (non-hydrogen) atoms. The first-order valence-electron chi connectivity index (χ1n) is 16.3. The maximum atomic E-state index is 13.8. The second-order valence-electron chi connectivity index (χ2n) is 12.8. The van der Waals surface area contributed by atoms with Crippen molar-refractivity contribution in [2.45, 2.75) is 0 Å². The molecule has 0 unspecified atom stereocenters. The van der Waals surface area contributed by atoms with E-state index in [-0.39, 0.29) is 11.1 Å². The van der Waals surface area contributed by atoms with Crippen molar-refractivity contribution in [3.05, 3.63) is 166 Å². The molecule has 0 aliphatic carbocycles. The van der Waals surface area contributed by atoms with Crippen LogP contribution in [0.2, 0.25) is 0 Å². The van der Waals surface area contributed by atoms with Crippen LogP contribution in [0.4, 0.5) is 0 Å². The first kappa shape index (κ1) is 26.4. The highest BCUT2D eigenvalue weighted by Gasteiger charge is 2.20. The fourth-order valence-corrected chi connectivity index (χ4v) is 8.08. The predicted octanol–water partition coefficient (Wildman–Crippen LogP) is 10.2. The average Bonchev–Trinajstić information content (AvgIpc) is 3.69. The van der Waals surface area contributed by atoms with Crippen LogP contribution in [0.15, 0.2) is 160 Å². The molecule has 5 nitrogen and oxygen atoms in total. The number of furan rings is 1. The van der Waals surface area contributed by atoms with Crippen LogP contribution in [0.1, 0.15) is 0 Å². The molecule has 0 amide bonds. The van der Waals surface area contributed by atoms with Gasteiger partial charge in [-0.2, -0.15) is 0 Å². The SMILES string of the molecule is O=c1c2ccccc2c2cc(-c3ccc4c(c3)c3ccccc3n4-c3ccc4oc5ccccc5c4c3)cc3c4ccccc4c(=O)n1c23. The molecule has 0 saturated heterocycles. The van der Waals surface area contributed by atoms with Crippen molar-refractivity contribution in [3.63, 3.8) is 0 Å². The summed E-state index contributed by atoms with van der Waals surface area (Å²) in [6, 6.07) is 49.2. The van der Waals surface area contributed by atoms with E-state index in [4.69, 9.17) is 4.42 Å². The first-order valence-corrected chi connectivity index (χ1v) is 16.3. The van der Waals surface area contributed by atoms with Gasteiger partial charge in [0.2, 0.25) is 0 Å². The summed E-state index contributed by atoms with van der Waals surface area (Å²) >= 11 is 0. The number of nitrogens with zero attached hydrogens (tertiary/aromatic N) is 2. The Morgan fingerprint density at radius 3 is 1.65 bits per heavy atom. The van der Waals surface area contributed by atoms with Crippen molar-refractivity contribution in [1.29, 1.82) is 0 Å². The zero-order valence-electron chi connectivity index (χ0n) is 26.0. The van der Waals surface area contributed by atoms with Gasteiger partial charge in [0.15, 0.2) is 0 Å². The summed E-state index contributed by atoms with van der Waals surface area (Å²) < 4.78 is 9.84. The molecule has 4 heterocycles. The van der Waals surface area contributed by atoms with E-state index >= 15 is 0 Å². The molecule has 0 radical (unpaired) electrons. The molecule has 5 heteroatoms. The molecule has 4 aromatic heterocycles.